The molecule has 1 aromatic carbocycles. The number of fused-ring (bicyclic) bond motifs is 1. The van der Waals surface area contributed by atoms with Crippen molar-refractivity contribution < 1.29 is 14.7 Å². The van der Waals surface area contributed by atoms with Crippen LogP contribution in [-0.2, 0) is 9.59 Å². The predicted octanol–water partition coefficient (Wildman–Crippen LogP) is 3.58. The molecule has 5 nitrogen and oxygen atoms in total. The van der Waals surface area contributed by atoms with Gasteiger partial charge in [0.1, 0.15) is 0 Å². The quantitative estimate of drug-likeness (QED) is 0.829. The van der Waals surface area contributed by atoms with Gasteiger partial charge in [-0.25, -0.2) is 0 Å². The highest BCUT2D eigenvalue weighted by molar-refractivity contribution is 6.31. The molecule has 2 aliphatic rings. The van der Waals surface area contributed by atoms with Crippen molar-refractivity contribution in [3.63, 3.8) is 0 Å². The second-order valence-corrected chi connectivity index (χ2v) is 7.54. The fourth-order valence-corrected chi connectivity index (χ4v) is 4.28. The Hall–Kier alpha value is -1.30. The zero-order valence-electron chi connectivity index (χ0n) is 14.4. The molecule has 1 saturated heterocycles. The number of hydrogen-bond acceptors (Lipinski definition) is 3. The maximum absolute atomic E-state index is 12.6. The molecular formula is C18H24Cl2N2O3. The van der Waals surface area contributed by atoms with Crippen LogP contribution in [-0.4, -0.2) is 41.0 Å². The fourth-order valence-electron chi connectivity index (χ4n) is 4.10. The summed E-state index contributed by atoms with van der Waals surface area (Å²) >= 11 is 6.00. The van der Waals surface area contributed by atoms with Gasteiger partial charge in [-0.05, 0) is 50.3 Å². The summed E-state index contributed by atoms with van der Waals surface area (Å²) in [6, 6.07) is 5.01. The van der Waals surface area contributed by atoms with Crippen LogP contribution in [0.4, 0.5) is 5.69 Å². The molecule has 25 heavy (non-hydrogen) atoms. The van der Waals surface area contributed by atoms with Crippen molar-refractivity contribution in [3.8, 4) is 0 Å². The van der Waals surface area contributed by atoms with E-state index in [0.29, 0.717) is 30.2 Å². The van der Waals surface area contributed by atoms with Crippen molar-refractivity contribution in [2.45, 2.75) is 39.2 Å². The molecule has 138 valence electrons. The number of carbonyl (C=O) groups excluding carboxylic acids is 1. The largest absolute Gasteiger partial charge is 0.481 e. The van der Waals surface area contributed by atoms with Gasteiger partial charge in [0.25, 0.3) is 0 Å². The van der Waals surface area contributed by atoms with Gasteiger partial charge in [0, 0.05) is 23.8 Å². The number of hydrogen-bond donors (Lipinski definition) is 2. The van der Waals surface area contributed by atoms with E-state index in [4.69, 9.17) is 11.6 Å². The molecule has 1 aliphatic heterocycles. The van der Waals surface area contributed by atoms with Gasteiger partial charge in [-0.2, -0.15) is 0 Å². The van der Waals surface area contributed by atoms with Crippen molar-refractivity contribution in [2.24, 2.45) is 11.3 Å². The van der Waals surface area contributed by atoms with E-state index in [1.54, 1.807) is 12.1 Å². The Morgan fingerprint density at radius 3 is 2.80 bits per heavy atom. The normalized spacial score (nSPS) is 26.6. The molecule has 0 radical (unpaired) electrons. The lowest BCUT2D eigenvalue weighted by molar-refractivity contribution is -0.149. The highest BCUT2D eigenvalue weighted by Crippen LogP contribution is 2.49. The molecule has 7 heteroatoms. The summed E-state index contributed by atoms with van der Waals surface area (Å²) in [6.07, 6.45) is 2.61. The number of carboxylic acid groups (broad SMARTS) is 1. The van der Waals surface area contributed by atoms with Crippen LogP contribution >= 0.6 is 24.0 Å². The number of anilines is 1. The molecule has 3 rings (SSSR count). The second kappa shape index (κ2) is 7.52. The number of rotatable bonds is 4. The first-order chi connectivity index (χ1) is 11.3. The van der Waals surface area contributed by atoms with Crippen LogP contribution in [0, 0.1) is 18.3 Å². The van der Waals surface area contributed by atoms with Crippen molar-refractivity contribution in [2.75, 3.05) is 18.4 Å². The Morgan fingerprint density at radius 2 is 2.16 bits per heavy atom. The molecule has 1 amide bonds. The first-order valence-corrected chi connectivity index (χ1v) is 8.76. The number of aliphatic carboxylic acids is 1. The van der Waals surface area contributed by atoms with Crippen LogP contribution < -0.4 is 5.32 Å². The highest BCUT2D eigenvalue weighted by atomic mass is 35.5. The van der Waals surface area contributed by atoms with Gasteiger partial charge in [-0.15, -0.1) is 12.4 Å². The molecule has 3 atom stereocenters. The summed E-state index contributed by atoms with van der Waals surface area (Å²) in [6.45, 7) is 4.88. The third kappa shape index (κ3) is 3.64. The number of nitrogens with one attached hydrogen (secondary N) is 1. The van der Waals surface area contributed by atoms with Crippen molar-refractivity contribution >= 4 is 41.6 Å². The molecular weight excluding hydrogens is 363 g/mol. The van der Waals surface area contributed by atoms with E-state index in [1.165, 1.54) is 0 Å². The summed E-state index contributed by atoms with van der Waals surface area (Å²) in [5, 5.41) is 13.2. The Morgan fingerprint density at radius 1 is 1.44 bits per heavy atom. The van der Waals surface area contributed by atoms with Crippen molar-refractivity contribution in [1.29, 1.82) is 0 Å². The maximum Gasteiger partial charge on any atom is 0.311 e. The van der Waals surface area contributed by atoms with E-state index < -0.39 is 11.4 Å². The highest BCUT2D eigenvalue weighted by Gasteiger charge is 2.55. The van der Waals surface area contributed by atoms with Gasteiger partial charge in [0.15, 0.2) is 0 Å². The smallest absolute Gasteiger partial charge is 0.311 e. The summed E-state index contributed by atoms with van der Waals surface area (Å²) in [5.74, 6) is -0.690. The van der Waals surface area contributed by atoms with Crippen LogP contribution in [0.3, 0.4) is 0 Å². The maximum atomic E-state index is 12.6. The number of aryl methyl sites for hydroxylation is 1. The van der Waals surface area contributed by atoms with Crippen molar-refractivity contribution in [1.82, 2.24) is 4.90 Å². The van der Waals surface area contributed by atoms with Gasteiger partial charge in [0.05, 0.1) is 11.5 Å². The summed E-state index contributed by atoms with van der Waals surface area (Å²) in [5.41, 5.74) is 0.979. The number of likely N-dealkylation sites (tertiary alicyclic amines) is 1. The first-order valence-electron chi connectivity index (χ1n) is 8.38. The molecule has 0 bridgehead atoms. The van der Waals surface area contributed by atoms with Gasteiger partial charge in [0.2, 0.25) is 5.91 Å². The Bertz CT molecular complexity index is 682. The van der Waals surface area contributed by atoms with Gasteiger partial charge < -0.3 is 10.4 Å². The third-order valence-electron chi connectivity index (χ3n) is 5.71. The number of benzene rings is 1. The Labute approximate surface area is 159 Å². The Balaban J connectivity index is 0.00000225. The predicted molar refractivity (Wildman–Crippen MR) is 101 cm³/mol. The molecule has 2 N–H and O–H groups in total. The Kier molecular flexibility index (Phi) is 6.02. The van der Waals surface area contributed by atoms with Crippen LogP contribution in [0.2, 0.25) is 5.02 Å². The zero-order chi connectivity index (χ0) is 17.5. The lowest BCUT2D eigenvalue weighted by atomic mass is 9.81. The number of amides is 1. The minimum absolute atomic E-state index is 0. The number of carbonyl (C=O) groups is 2. The number of carboxylic acids is 1. The van der Waals surface area contributed by atoms with E-state index in [1.807, 2.05) is 24.8 Å². The van der Waals surface area contributed by atoms with Crippen LogP contribution in [0.1, 0.15) is 31.7 Å². The van der Waals surface area contributed by atoms with Gasteiger partial charge >= 0.3 is 5.97 Å². The lowest BCUT2D eigenvalue weighted by Crippen LogP contribution is -2.43. The standard InChI is InChI=1S/C18H23ClN2O3.ClH/c1-11-5-6-14(19)8-15(11)20-16(22)12(2)21-9-13-4-3-7-18(13,10-21)17(23)24;/h5-6,8,12-13H,3-4,7,9-10H2,1-2H3,(H,20,22)(H,23,24);1H/t12?,13-,18+;/m0./s1. The lowest BCUT2D eigenvalue weighted by Gasteiger charge is -2.26. The fraction of sp³-hybridized carbons (Fsp3) is 0.556. The monoisotopic (exact) mass is 386 g/mol. The topological polar surface area (TPSA) is 69.6 Å². The molecule has 1 aliphatic carbocycles. The average Bonchev–Trinajstić information content (AvgIpc) is 3.08. The van der Waals surface area contributed by atoms with Crippen LogP contribution in [0.5, 0.6) is 0 Å². The summed E-state index contributed by atoms with van der Waals surface area (Å²) in [7, 11) is 0. The first kappa shape index (κ1) is 20.0. The molecule has 2 fully saturated rings. The van der Waals surface area contributed by atoms with E-state index in [-0.39, 0.29) is 30.3 Å². The van der Waals surface area contributed by atoms with E-state index in [0.717, 1.165) is 18.4 Å². The molecule has 1 saturated carbocycles. The summed E-state index contributed by atoms with van der Waals surface area (Å²) < 4.78 is 0. The summed E-state index contributed by atoms with van der Waals surface area (Å²) in [4.78, 5) is 26.4. The van der Waals surface area contributed by atoms with E-state index in [2.05, 4.69) is 5.32 Å². The second-order valence-electron chi connectivity index (χ2n) is 7.10. The van der Waals surface area contributed by atoms with Gasteiger partial charge in [-0.1, -0.05) is 24.1 Å². The molecule has 1 unspecified atom stereocenters. The zero-order valence-corrected chi connectivity index (χ0v) is 16.0. The SMILES string of the molecule is Cc1ccc(Cl)cc1NC(=O)C(C)N1C[C@@H]2CCC[C@@]2(C(=O)O)C1.Cl. The minimum atomic E-state index is -0.717. The minimum Gasteiger partial charge on any atom is -0.481 e. The van der Waals surface area contributed by atoms with Gasteiger partial charge in [-0.3, -0.25) is 14.5 Å². The van der Waals surface area contributed by atoms with E-state index >= 15 is 0 Å². The molecule has 1 heterocycles. The molecule has 0 aromatic heterocycles. The third-order valence-corrected chi connectivity index (χ3v) is 5.94. The van der Waals surface area contributed by atoms with E-state index in [9.17, 15) is 14.7 Å². The van der Waals surface area contributed by atoms with Crippen LogP contribution in [0.15, 0.2) is 18.2 Å². The number of halogens is 2. The molecule has 1 aromatic rings. The molecule has 0 spiro atoms. The average molecular weight is 387 g/mol. The number of nitrogens with zero attached hydrogens (tertiary/aromatic N) is 1. The van der Waals surface area contributed by atoms with Crippen LogP contribution in [0.25, 0.3) is 0 Å². The van der Waals surface area contributed by atoms with Crippen molar-refractivity contribution in [3.05, 3.63) is 28.8 Å².